The van der Waals surface area contributed by atoms with E-state index in [4.69, 9.17) is 4.98 Å². The first kappa shape index (κ1) is 28.6. The average molecular weight is 405 g/mol. The maximum absolute atomic E-state index is 4.71. The molecule has 142 valence electrons. The molecule has 3 nitrogen and oxygen atoms in total. The summed E-state index contributed by atoms with van der Waals surface area (Å²) in [5.41, 5.74) is 0.171. The van der Waals surface area contributed by atoms with Gasteiger partial charge in [-0.25, -0.2) is 0 Å². The molecule has 0 aliphatic carbocycles. The molecule has 23 heavy (non-hydrogen) atoms. The van der Waals surface area contributed by atoms with Crippen LogP contribution in [0, 0.1) is 0 Å². The molecule has 0 fully saturated rings. The van der Waals surface area contributed by atoms with Crippen LogP contribution in [0.5, 0.6) is 0 Å². The maximum Gasteiger partial charge on any atom is 3.00 e. The van der Waals surface area contributed by atoms with Crippen molar-refractivity contribution in [1.82, 2.24) is 4.90 Å². The molecule has 0 aromatic heterocycles. The second-order valence-electron chi connectivity index (χ2n) is 8.89. The zero-order valence-corrected chi connectivity index (χ0v) is 20.8. The Hall–Kier alpha value is 0.820. The van der Waals surface area contributed by atoms with Crippen LogP contribution in [0.4, 0.5) is 0 Å². The van der Waals surface area contributed by atoms with E-state index < -0.39 is 16.5 Å². The SMILES string of the molecule is CC(C)(C)[N-][Si](C)(C)C.CCN(CC)CCC[N-][Si](C)(C)C.[Co+3]. The van der Waals surface area contributed by atoms with E-state index in [1.165, 1.54) is 26.1 Å². The van der Waals surface area contributed by atoms with Gasteiger partial charge in [-0.2, -0.15) is 0 Å². The fraction of sp³-hybridized carbons (Fsp3) is 1.00. The van der Waals surface area contributed by atoms with Crippen LogP contribution in [0.25, 0.3) is 9.96 Å². The second kappa shape index (κ2) is 13.1. The summed E-state index contributed by atoms with van der Waals surface area (Å²) in [5, 5.41) is 0. The second-order valence-corrected chi connectivity index (χ2v) is 18.1. The van der Waals surface area contributed by atoms with Crippen LogP contribution in [0.1, 0.15) is 41.0 Å². The van der Waals surface area contributed by atoms with E-state index in [-0.39, 0.29) is 22.3 Å². The molecule has 0 aliphatic heterocycles. The third kappa shape index (κ3) is 27.9. The van der Waals surface area contributed by atoms with Gasteiger partial charge in [0.05, 0.1) is 0 Å². The van der Waals surface area contributed by atoms with E-state index in [0.29, 0.717) is 0 Å². The van der Waals surface area contributed by atoms with Crippen LogP contribution >= 0.6 is 0 Å². The molecule has 0 saturated heterocycles. The normalized spacial score (nSPS) is 12.5. The Morgan fingerprint density at radius 2 is 1.26 bits per heavy atom. The minimum Gasteiger partial charge on any atom is -0.665 e. The van der Waals surface area contributed by atoms with Crippen molar-refractivity contribution >= 4 is 16.5 Å². The Kier molecular flexibility index (Phi) is 16.3. The Morgan fingerprint density at radius 3 is 1.48 bits per heavy atom. The summed E-state index contributed by atoms with van der Waals surface area (Å²) in [6.45, 7) is 29.2. The van der Waals surface area contributed by atoms with Gasteiger partial charge in [0.1, 0.15) is 0 Å². The molecule has 0 aliphatic rings. The molecule has 0 amide bonds. The van der Waals surface area contributed by atoms with E-state index in [2.05, 4.69) is 83.8 Å². The largest absolute Gasteiger partial charge is 3.00 e. The molecule has 0 radical (unpaired) electrons. The van der Waals surface area contributed by atoms with Crippen molar-refractivity contribution in [3.05, 3.63) is 9.96 Å². The van der Waals surface area contributed by atoms with Crippen LogP contribution in [0.15, 0.2) is 0 Å². The summed E-state index contributed by atoms with van der Waals surface area (Å²) in [6, 6.07) is 0. The molecule has 0 unspecified atom stereocenters. The Balaban J connectivity index is -0.000000354. The van der Waals surface area contributed by atoms with Gasteiger partial charge in [0.25, 0.3) is 0 Å². The molecule has 0 saturated carbocycles. The minimum absolute atomic E-state index is 0. The summed E-state index contributed by atoms with van der Waals surface area (Å²) >= 11 is 0. The van der Waals surface area contributed by atoms with Crippen LogP contribution in [-0.4, -0.2) is 53.1 Å². The van der Waals surface area contributed by atoms with Gasteiger partial charge < -0.3 is 14.9 Å². The smallest absolute Gasteiger partial charge is 0.665 e. The zero-order valence-electron chi connectivity index (χ0n) is 17.7. The molecular weight excluding hydrogens is 361 g/mol. The van der Waals surface area contributed by atoms with Crippen molar-refractivity contribution in [1.29, 1.82) is 0 Å². The number of nitrogens with zero attached hydrogens (tertiary/aromatic N) is 3. The van der Waals surface area contributed by atoms with Gasteiger partial charge in [-0.1, -0.05) is 96.8 Å². The molecule has 0 heterocycles. The van der Waals surface area contributed by atoms with Crippen LogP contribution in [0.3, 0.4) is 0 Å². The van der Waals surface area contributed by atoms with Crippen molar-refractivity contribution in [2.75, 3.05) is 26.2 Å². The van der Waals surface area contributed by atoms with E-state index >= 15 is 0 Å². The summed E-state index contributed by atoms with van der Waals surface area (Å²) in [4.78, 5) is 11.8. The first-order valence-corrected chi connectivity index (χ1v) is 15.7. The molecule has 0 rings (SSSR count). The first-order valence-electron chi connectivity index (χ1n) is 8.85. The summed E-state index contributed by atoms with van der Waals surface area (Å²) in [6.07, 6.45) is 1.23. The fourth-order valence-corrected chi connectivity index (χ4v) is 5.10. The van der Waals surface area contributed by atoms with Gasteiger partial charge in [-0.3, -0.25) is 0 Å². The van der Waals surface area contributed by atoms with Gasteiger partial charge in [0.2, 0.25) is 0 Å². The Labute approximate surface area is 160 Å². The van der Waals surface area contributed by atoms with E-state index in [0.717, 1.165) is 6.54 Å². The molecule has 0 spiro atoms. The van der Waals surface area contributed by atoms with Gasteiger partial charge in [0.15, 0.2) is 0 Å². The minimum atomic E-state index is -1.17. The molecule has 0 N–H and O–H groups in total. The van der Waals surface area contributed by atoms with Gasteiger partial charge in [-0.05, 0) is 19.6 Å². The van der Waals surface area contributed by atoms with Crippen molar-refractivity contribution in [3.63, 3.8) is 0 Å². The van der Waals surface area contributed by atoms with E-state index in [9.17, 15) is 0 Å². The van der Waals surface area contributed by atoms with Crippen molar-refractivity contribution in [2.24, 2.45) is 0 Å². The predicted octanol–water partition coefficient (Wildman–Crippen LogP) is 5.92. The van der Waals surface area contributed by atoms with E-state index in [1.54, 1.807) is 0 Å². The molecule has 0 aromatic carbocycles. The van der Waals surface area contributed by atoms with Crippen molar-refractivity contribution in [3.8, 4) is 0 Å². The van der Waals surface area contributed by atoms with Crippen LogP contribution in [-0.2, 0) is 16.8 Å². The molecule has 0 atom stereocenters. The summed E-state index contributed by atoms with van der Waals surface area (Å²) in [5.74, 6) is 0. The Bertz CT molecular complexity index is 252. The number of hydrogen-bond donors (Lipinski definition) is 0. The monoisotopic (exact) mass is 404 g/mol. The fourth-order valence-electron chi connectivity index (χ4n) is 2.25. The maximum atomic E-state index is 4.71. The van der Waals surface area contributed by atoms with E-state index in [1.807, 2.05) is 0 Å². The zero-order chi connectivity index (χ0) is 18.0. The van der Waals surface area contributed by atoms with Crippen LogP contribution < -0.4 is 0 Å². The Morgan fingerprint density at radius 1 is 0.826 bits per heavy atom. The van der Waals surface area contributed by atoms with Gasteiger partial charge >= 0.3 is 16.8 Å². The first-order chi connectivity index (χ1) is 9.70. The topological polar surface area (TPSA) is 31.4 Å². The molecule has 0 bridgehead atoms. The summed E-state index contributed by atoms with van der Waals surface area (Å²) < 4.78 is 0. The molecule has 0 aromatic rings. The molecule has 6 heteroatoms. The quantitative estimate of drug-likeness (QED) is 0.365. The van der Waals surface area contributed by atoms with Crippen molar-refractivity contribution in [2.45, 2.75) is 85.9 Å². The third-order valence-electron chi connectivity index (χ3n) is 2.78. The van der Waals surface area contributed by atoms with Crippen LogP contribution in [0.2, 0.25) is 39.3 Å². The predicted molar refractivity (Wildman–Crippen MR) is 110 cm³/mol. The van der Waals surface area contributed by atoms with Crippen molar-refractivity contribution < 1.29 is 16.8 Å². The van der Waals surface area contributed by atoms with Gasteiger partial charge in [0, 0.05) is 0 Å². The summed E-state index contributed by atoms with van der Waals surface area (Å²) in [7, 11) is -2.31. The third-order valence-corrected chi connectivity index (χ3v) is 5.30. The van der Waals surface area contributed by atoms with Gasteiger partial charge in [-0.15, -0.1) is 12.1 Å². The standard InChI is InChI=1S/C10H25N2Si.C7H18NSi.Co/c1-6-12(7-2)10-8-9-11-13(3,4)5;1-7(2,3)8-9(4,5)6;/h6-10H2,1-5H3;1-6H3;/q2*-1;+3. The number of hydrogen-bond acceptors (Lipinski definition) is 1. The average Bonchev–Trinajstić information content (AvgIpc) is 2.23. The molecular formula is C17H43CoN3Si2+. The number of rotatable bonds is 8.